The molecule has 0 bridgehead atoms. The summed E-state index contributed by atoms with van der Waals surface area (Å²) in [5.74, 6) is 2.66. The van der Waals surface area contributed by atoms with Crippen molar-refractivity contribution < 1.29 is 9.53 Å². The molecular formula is C20H26N2O2S. The normalized spacial score (nSPS) is 10.5. The molecule has 1 amide bonds. The van der Waals surface area contributed by atoms with Crippen molar-refractivity contribution in [2.45, 2.75) is 26.0 Å². The third-order valence-electron chi connectivity index (χ3n) is 3.75. The largest absolute Gasteiger partial charge is 0.492 e. The number of nitrogens with zero attached hydrogens (tertiary/aromatic N) is 2. The van der Waals surface area contributed by atoms with Crippen LogP contribution in [0.2, 0.25) is 0 Å². The fourth-order valence-corrected chi connectivity index (χ4v) is 3.30. The smallest absolute Gasteiger partial charge is 0.223 e. The molecule has 2 rings (SSSR count). The molecule has 0 spiro atoms. The lowest BCUT2D eigenvalue weighted by atomic mass is 10.1. The first-order chi connectivity index (χ1) is 12.0. The number of aryl methyl sites for hydroxylation is 2. The number of pyridine rings is 1. The van der Waals surface area contributed by atoms with Gasteiger partial charge in [-0.2, -0.15) is 11.8 Å². The third kappa shape index (κ3) is 7.18. The maximum Gasteiger partial charge on any atom is 0.223 e. The topological polar surface area (TPSA) is 42.4 Å². The van der Waals surface area contributed by atoms with Gasteiger partial charge in [-0.05, 0) is 49.2 Å². The van der Waals surface area contributed by atoms with Gasteiger partial charge in [0.25, 0.3) is 0 Å². The van der Waals surface area contributed by atoms with Crippen LogP contribution in [0, 0.1) is 13.8 Å². The second kappa shape index (κ2) is 10.1. The zero-order valence-corrected chi connectivity index (χ0v) is 16.0. The lowest BCUT2D eigenvalue weighted by Crippen LogP contribution is -2.31. The Balaban J connectivity index is 1.63. The fourth-order valence-electron chi connectivity index (χ4n) is 2.45. The van der Waals surface area contributed by atoms with Crippen LogP contribution < -0.4 is 4.74 Å². The number of amides is 1. The summed E-state index contributed by atoms with van der Waals surface area (Å²) >= 11 is 1.73. The van der Waals surface area contributed by atoms with Gasteiger partial charge in [0, 0.05) is 31.2 Å². The summed E-state index contributed by atoms with van der Waals surface area (Å²) in [5.41, 5.74) is 3.42. The molecule has 0 saturated carbocycles. The number of benzene rings is 1. The Morgan fingerprint density at radius 2 is 1.96 bits per heavy atom. The average Bonchev–Trinajstić information content (AvgIpc) is 2.58. The van der Waals surface area contributed by atoms with Crippen LogP contribution in [0.25, 0.3) is 0 Å². The van der Waals surface area contributed by atoms with Gasteiger partial charge in [-0.3, -0.25) is 9.78 Å². The van der Waals surface area contributed by atoms with Crippen LogP contribution in [0.15, 0.2) is 42.6 Å². The van der Waals surface area contributed by atoms with Crippen molar-refractivity contribution in [3.8, 4) is 5.75 Å². The van der Waals surface area contributed by atoms with Crippen LogP contribution >= 0.6 is 11.8 Å². The number of carbonyl (C=O) groups excluding carboxylic acids is 1. The average molecular weight is 359 g/mol. The van der Waals surface area contributed by atoms with E-state index in [0.29, 0.717) is 19.6 Å². The molecule has 134 valence electrons. The Morgan fingerprint density at radius 1 is 1.20 bits per heavy atom. The second-order valence-electron chi connectivity index (χ2n) is 6.11. The number of hydrogen-bond acceptors (Lipinski definition) is 4. The Bertz CT molecular complexity index is 656. The van der Waals surface area contributed by atoms with Gasteiger partial charge >= 0.3 is 0 Å². The Morgan fingerprint density at radius 3 is 2.64 bits per heavy atom. The van der Waals surface area contributed by atoms with E-state index in [1.54, 1.807) is 22.9 Å². The molecule has 0 saturated heterocycles. The first-order valence-corrected chi connectivity index (χ1v) is 9.63. The van der Waals surface area contributed by atoms with Crippen LogP contribution in [-0.2, 0) is 10.5 Å². The van der Waals surface area contributed by atoms with Crippen LogP contribution in [0.4, 0.5) is 0 Å². The second-order valence-corrected chi connectivity index (χ2v) is 7.22. The van der Waals surface area contributed by atoms with E-state index in [4.69, 9.17) is 4.74 Å². The van der Waals surface area contributed by atoms with E-state index in [1.165, 1.54) is 11.1 Å². The minimum Gasteiger partial charge on any atom is -0.492 e. The maximum absolute atomic E-state index is 12.1. The van der Waals surface area contributed by atoms with Gasteiger partial charge in [-0.1, -0.05) is 12.1 Å². The van der Waals surface area contributed by atoms with Crippen molar-refractivity contribution in [1.29, 1.82) is 0 Å². The van der Waals surface area contributed by atoms with Crippen molar-refractivity contribution in [1.82, 2.24) is 9.88 Å². The number of likely N-dealkylation sites (N-methyl/N-ethyl adjacent to an activating group) is 1. The minimum absolute atomic E-state index is 0.151. The first-order valence-electron chi connectivity index (χ1n) is 8.47. The molecule has 0 atom stereocenters. The van der Waals surface area contributed by atoms with E-state index in [-0.39, 0.29) is 5.91 Å². The highest BCUT2D eigenvalue weighted by molar-refractivity contribution is 7.98. The fraction of sp³-hybridized carbons (Fsp3) is 0.400. The summed E-state index contributed by atoms with van der Waals surface area (Å²) < 4.78 is 5.76. The lowest BCUT2D eigenvalue weighted by Gasteiger charge is -2.17. The summed E-state index contributed by atoms with van der Waals surface area (Å²) in [6.07, 6.45) is 2.34. The molecule has 0 fully saturated rings. The third-order valence-corrected chi connectivity index (χ3v) is 4.75. The molecule has 0 aliphatic heterocycles. The van der Waals surface area contributed by atoms with Gasteiger partial charge in [0.05, 0.1) is 12.2 Å². The number of rotatable bonds is 9. The van der Waals surface area contributed by atoms with Crippen LogP contribution in [-0.4, -0.2) is 41.7 Å². The van der Waals surface area contributed by atoms with Crippen LogP contribution in [0.5, 0.6) is 5.75 Å². The van der Waals surface area contributed by atoms with E-state index in [9.17, 15) is 4.79 Å². The zero-order chi connectivity index (χ0) is 18.1. The number of thioether (sulfide) groups is 1. The quantitative estimate of drug-likeness (QED) is 0.639. The molecule has 1 aromatic heterocycles. The highest BCUT2D eigenvalue weighted by atomic mass is 32.2. The van der Waals surface area contributed by atoms with Crippen molar-refractivity contribution in [3.05, 3.63) is 59.4 Å². The predicted molar refractivity (Wildman–Crippen MR) is 104 cm³/mol. The molecule has 1 heterocycles. The van der Waals surface area contributed by atoms with Gasteiger partial charge in [-0.15, -0.1) is 0 Å². The van der Waals surface area contributed by atoms with E-state index in [1.807, 2.05) is 37.4 Å². The highest BCUT2D eigenvalue weighted by Crippen LogP contribution is 2.16. The van der Waals surface area contributed by atoms with Crippen molar-refractivity contribution in [3.63, 3.8) is 0 Å². The summed E-state index contributed by atoms with van der Waals surface area (Å²) in [4.78, 5) is 18.2. The minimum atomic E-state index is 0.151. The molecule has 0 N–H and O–H groups in total. The van der Waals surface area contributed by atoms with Gasteiger partial charge in [0.1, 0.15) is 12.4 Å². The van der Waals surface area contributed by atoms with Gasteiger partial charge in [-0.25, -0.2) is 0 Å². The molecule has 4 nitrogen and oxygen atoms in total. The molecular weight excluding hydrogens is 332 g/mol. The molecule has 0 radical (unpaired) electrons. The molecule has 0 unspecified atom stereocenters. The van der Waals surface area contributed by atoms with Crippen molar-refractivity contribution in [2.24, 2.45) is 0 Å². The number of carbonyl (C=O) groups is 1. The van der Waals surface area contributed by atoms with Crippen LogP contribution in [0.3, 0.4) is 0 Å². The van der Waals surface area contributed by atoms with E-state index >= 15 is 0 Å². The maximum atomic E-state index is 12.1. The summed E-state index contributed by atoms with van der Waals surface area (Å²) in [6, 6.07) is 12.0. The highest BCUT2D eigenvalue weighted by Gasteiger charge is 2.09. The van der Waals surface area contributed by atoms with E-state index < -0.39 is 0 Å². The summed E-state index contributed by atoms with van der Waals surface area (Å²) in [5, 5.41) is 0. The zero-order valence-electron chi connectivity index (χ0n) is 15.2. The standard InChI is InChI=1S/C20H26N2O2S/c1-16-12-17(2)14-19(13-16)24-10-9-22(3)20(23)7-11-25-15-18-6-4-5-8-21-18/h4-6,8,12-14H,7,9-11,15H2,1-3H3. The lowest BCUT2D eigenvalue weighted by molar-refractivity contribution is -0.129. The van der Waals surface area contributed by atoms with Gasteiger partial charge in [0.2, 0.25) is 5.91 Å². The number of hydrogen-bond donors (Lipinski definition) is 0. The van der Waals surface area contributed by atoms with Gasteiger partial charge in [0.15, 0.2) is 0 Å². The molecule has 2 aromatic rings. The van der Waals surface area contributed by atoms with Crippen molar-refractivity contribution >= 4 is 17.7 Å². The Hall–Kier alpha value is -2.01. The van der Waals surface area contributed by atoms with E-state index in [0.717, 1.165) is 22.9 Å². The van der Waals surface area contributed by atoms with Crippen LogP contribution in [0.1, 0.15) is 23.2 Å². The number of aromatic nitrogens is 1. The van der Waals surface area contributed by atoms with E-state index in [2.05, 4.69) is 24.9 Å². The predicted octanol–water partition coefficient (Wildman–Crippen LogP) is 3.86. The first kappa shape index (κ1) is 19.3. The van der Waals surface area contributed by atoms with Gasteiger partial charge < -0.3 is 9.64 Å². The number of ether oxygens (including phenoxy) is 1. The Labute approximate surface area is 154 Å². The molecule has 0 aliphatic rings. The molecule has 5 heteroatoms. The van der Waals surface area contributed by atoms with Crippen molar-refractivity contribution in [2.75, 3.05) is 26.0 Å². The summed E-state index contributed by atoms with van der Waals surface area (Å²) in [7, 11) is 1.83. The molecule has 25 heavy (non-hydrogen) atoms. The molecule has 1 aromatic carbocycles. The summed E-state index contributed by atoms with van der Waals surface area (Å²) in [6.45, 7) is 5.21. The Kier molecular flexibility index (Phi) is 7.79. The SMILES string of the molecule is Cc1cc(C)cc(OCCN(C)C(=O)CCSCc2ccccn2)c1. The molecule has 0 aliphatic carbocycles. The monoisotopic (exact) mass is 358 g/mol.